The molecule has 1 aromatic carbocycles. The minimum Gasteiger partial charge on any atom is -0.467 e. The molecule has 0 aliphatic rings. The molecule has 3 aromatic rings. The molecule has 0 atom stereocenters. The van der Waals surface area contributed by atoms with Crippen molar-refractivity contribution in [2.24, 2.45) is 0 Å². The molecule has 0 N–H and O–H groups in total. The highest BCUT2D eigenvalue weighted by molar-refractivity contribution is 7.99. The van der Waals surface area contributed by atoms with E-state index in [4.69, 9.17) is 14.4 Å². The first-order chi connectivity index (χ1) is 15.1. The zero-order valence-corrected chi connectivity index (χ0v) is 18.4. The number of aryl methyl sites for hydroxylation is 1. The van der Waals surface area contributed by atoms with Crippen molar-refractivity contribution >= 4 is 34.7 Å². The third-order valence-corrected chi connectivity index (χ3v) is 5.60. The highest BCUT2D eigenvalue weighted by Gasteiger charge is 2.19. The lowest BCUT2D eigenvalue weighted by Gasteiger charge is -2.20. The van der Waals surface area contributed by atoms with Crippen LogP contribution in [0.15, 0.2) is 46.2 Å². The number of nitriles is 1. The van der Waals surface area contributed by atoms with Crippen LogP contribution in [-0.4, -0.2) is 45.2 Å². The number of esters is 1. The minimum absolute atomic E-state index is 0.0985. The quantitative estimate of drug-likeness (QED) is 0.348. The number of amides is 1. The van der Waals surface area contributed by atoms with Crippen molar-refractivity contribution < 1.29 is 18.7 Å². The summed E-state index contributed by atoms with van der Waals surface area (Å²) >= 11 is 1.34. The second-order valence-electron chi connectivity index (χ2n) is 6.65. The number of aromatic nitrogens is 2. The van der Waals surface area contributed by atoms with Crippen LogP contribution in [0.4, 0.5) is 0 Å². The second-order valence-corrected chi connectivity index (χ2v) is 7.60. The van der Waals surface area contributed by atoms with E-state index in [-0.39, 0.29) is 24.1 Å². The topological polar surface area (TPSA) is 101 Å². The van der Waals surface area contributed by atoms with Crippen LogP contribution in [-0.2, 0) is 22.6 Å². The van der Waals surface area contributed by atoms with Gasteiger partial charge in [0.25, 0.3) is 0 Å². The summed E-state index contributed by atoms with van der Waals surface area (Å²) in [6.45, 7) is 5.41. The van der Waals surface area contributed by atoms with Gasteiger partial charge in [0.1, 0.15) is 5.76 Å². The Bertz CT molecular complexity index is 1090. The molecule has 0 bridgehead atoms. The van der Waals surface area contributed by atoms with Crippen molar-refractivity contribution in [3.8, 4) is 6.07 Å². The highest BCUT2D eigenvalue weighted by Crippen LogP contribution is 2.26. The van der Waals surface area contributed by atoms with Crippen molar-refractivity contribution in [3.63, 3.8) is 0 Å². The number of hydrogen-bond donors (Lipinski definition) is 0. The van der Waals surface area contributed by atoms with Gasteiger partial charge in [-0.1, -0.05) is 11.8 Å². The van der Waals surface area contributed by atoms with E-state index in [2.05, 4.69) is 11.1 Å². The molecule has 2 heterocycles. The number of benzene rings is 1. The van der Waals surface area contributed by atoms with Gasteiger partial charge in [-0.2, -0.15) is 5.26 Å². The van der Waals surface area contributed by atoms with Gasteiger partial charge >= 0.3 is 5.97 Å². The summed E-state index contributed by atoms with van der Waals surface area (Å²) < 4.78 is 12.4. The number of nitrogens with zero attached hydrogens (tertiary/aromatic N) is 4. The number of thioether (sulfide) groups is 1. The number of rotatable bonds is 10. The van der Waals surface area contributed by atoms with E-state index in [0.29, 0.717) is 48.2 Å². The average Bonchev–Trinajstić information content (AvgIpc) is 3.41. The van der Waals surface area contributed by atoms with Crippen LogP contribution in [0.5, 0.6) is 0 Å². The summed E-state index contributed by atoms with van der Waals surface area (Å²) in [4.78, 5) is 31.1. The molecular weight excluding hydrogens is 416 g/mol. The van der Waals surface area contributed by atoms with Crippen molar-refractivity contribution in [3.05, 3.63) is 47.9 Å². The van der Waals surface area contributed by atoms with Gasteiger partial charge in [-0.3, -0.25) is 4.79 Å². The van der Waals surface area contributed by atoms with Gasteiger partial charge in [0.2, 0.25) is 5.91 Å². The van der Waals surface area contributed by atoms with Crippen LogP contribution < -0.4 is 0 Å². The molecule has 0 saturated heterocycles. The normalized spacial score (nSPS) is 10.7. The van der Waals surface area contributed by atoms with Gasteiger partial charge < -0.3 is 18.6 Å². The Kier molecular flexibility index (Phi) is 7.73. The van der Waals surface area contributed by atoms with E-state index < -0.39 is 0 Å². The molecule has 0 spiro atoms. The van der Waals surface area contributed by atoms with Crippen LogP contribution in [0.2, 0.25) is 0 Å². The largest absolute Gasteiger partial charge is 0.467 e. The summed E-state index contributed by atoms with van der Waals surface area (Å²) in [7, 11) is 0. The van der Waals surface area contributed by atoms with Crippen LogP contribution in [0.3, 0.4) is 0 Å². The molecule has 162 valence electrons. The van der Waals surface area contributed by atoms with Gasteiger partial charge in [-0.25, -0.2) is 9.78 Å². The number of hydrogen-bond acceptors (Lipinski definition) is 7. The Morgan fingerprint density at radius 1 is 1.32 bits per heavy atom. The molecular formula is C22H24N4O4S. The zero-order chi connectivity index (χ0) is 22.2. The number of carbonyl (C=O) groups excluding carboxylic acids is 2. The molecule has 0 saturated carbocycles. The fourth-order valence-corrected chi connectivity index (χ4v) is 4.13. The standard InChI is InChI=1S/C22H24N4O4S/c1-3-26-19-9-8-16(21(28)29-4-2)13-18(19)24-22(26)31-15-20(27)25(11-6-10-23)14-17-7-5-12-30-17/h5,7-9,12-13H,3-4,6,11,14-15H2,1-2H3. The van der Waals surface area contributed by atoms with Crippen LogP contribution in [0.1, 0.15) is 36.4 Å². The summed E-state index contributed by atoms with van der Waals surface area (Å²) in [5, 5.41) is 9.61. The SMILES string of the molecule is CCOC(=O)c1ccc2c(c1)nc(SCC(=O)N(CCC#N)Cc1ccco1)n2CC. The van der Waals surface area contributed by atoms with Gasteiger partial charge in [-0.15, -0.1) is 0 Å². The maximum Gasteiger partial charge on any atom is 0.338 e. The number of carbonyl (C=O) groups is 2. The first-order valence-electron chi connectivity index (χ1n) is 10.0. The van der Waals surface area contributed by atoms with Crippen molar-refractivity contribution in [1.82, 2.24) is 14.5 Å². The fourth-order valence-electron chi connectivity index (χ4n) is 3.15. The van der Waals surface area contributed by atoms with E-state index in [1.807, 2.05) is 17.6 Å². The monoisotopic (exact) mass is 440 g/mol. The Morgan fingerprint density at radius 2 is 2.16 bits per heavy atom. The summed E-state index contributed by atoms with van der Waals surface area (Å²) in [5.74, 6) is 0.369. The summed E-state index contributed by atoms with van der Waals surface area (Å²) in [6.07, 6.45) is 1.81. The maximum atomic E-state index is 12.8. The molecule has 3 rings (SSSR count). The smallest absolute Gasteiger partial charge is 0.338 e. The minimum atomic E-state index is -0.383. The van der Waals surface area contributed by atoms with Crippen LogP contribution in [0.25, 0.3) is 11.0 Å². The number of imidazole rings is 1. The number of ether oxygens (including phenoxy) is 1. The van der Waals surface area contributed by atoms with E-state index in [1.165, 1.54) is 11.8 Å². The van der Waals surface area contributed by atoms with E-state index >= 15 is 0 Å². The van der Waals surface area contributed by atoms with Gasteiger partial charge in [-0.05, 0) is 44.2 Å². The first-order valence-corrected chi connectivity index (χ1v) is 11.0. The van der Waals surface area contributed by atoms with Crippen LogP contribution >= 0.6 is 11.8 Å². The highest BCUT2D eigenvalue weighted by atomic mass is 32.2. The van der Waals surface area contributed by atoms with Crippen molar-refractivity contribution in [2.45, 2.75) is 38.5 Å². The average molecular weight is 441 g/mol. The third-order valence-electron chi connectivity index (χ3n) is 4.64. The molecule has 2 aromatic heterocycles. The fraction of sp³-hybridized carbons (Fsp3) is 0.364. The van der Waals surface area contributed by atoms with Crippen molar-refractivity contribution in [1.29, 1.82) is 5.26 Å². The maximum absolute atomic E-state index is 12.8. The van der Waals surface area contributed by atoms with Gasteiger partial charge in [0.05, 0.1) is 54.3 Å². The zero-order valence-electron chi connectivity index (χ0n) is 17.5. The molecule has 0 fully saturated rings. The molecule has 1 amide bonds. The molecule has 8 nitrogen and oxygen atoms in total. The predicted octanol–water partition coefficient (Wildman–Crippen LogP) is 3.86. The summed E-state index contributed by atoms with van der Waals surface area (Å²) in [5.41, 5.74) is 2.02. The number of furan rings is 1. The molecule has 0 radical (unpaired) electrons. The number of fused-ring (bicyclic) bond motifs is 1. The lowest BCUT2D eigenvalue weighted by atomic mass is 10.2. The molecule has 0 aliphatic carbocycles. The molecule has 31 heavy (non-hydrogen) atoms. The Labute approximate surface area is 184 Å². The Hall–Kier alpha value is -3.25. The second kappa shape index (κ2) is 10.7. The molecule has 9 heteroatoms. The molecule has 0 unspecified atom stereocenters. The molecule has 0 aliphatic heterocycles. The lowest BCUT2D eigenvalue weighted by molar-refractivity contribution is -0.129. The lowest BCUT2D eigenvalue weighted by Crippen LogP contribution is -2.32. The Balaban J connectivity index is 1.75. The van der Waals surface area contributed by atoms with Crippen LogP contribution in [0, 0.1) is 11.3 Å². The van der Waals surface area contributed by atoms with E-state index in [0.717, 1.165) is 5.52 Å². The van der Waals surface area contributed by atoms with E-state index in [1.54, 1.807) is 42.4 Å². The van der Waals surface area contributed by atoms with Gasteiger partial charge in [0, 0.05) is 13.1 Å². The summed E-state index contributed by atoms with van der Waals surface area (Å²) in [6, 6.07) is 10.9. The Morgan fingerprint density at radius 3 is 2.84 bits per heavy atom. The van der Waals surface area contributed by atoms with E-state index in [9.17, 15) is 9.59 Å². The first kappa shape index (κ1) is 22.4. The van der Waals surface area contributed by atoms with Gasteiger partial charge in [0.15, 0.2) is 5.16 Å². The predicted molar refractivity (Wildman–Crippen MR) is 116 cm³/mol. The third kappa shape index (κ3) is 5.47. The van der Waals surface area contributed by atoms with Crippen molar-refractivity contribution in [2.75, 3.05) is 18.9 Å².